The van der Waals surface area contributed by atoms with Crippen molar-refractivity contribution in [1.82, 2.24) is 10.2 Å². The highest BCUT2D eigenvalue weighted by molar-refractivity contribution is 6.30. The van der Waals surface area contributed by atoms with Gasteiger partial charge >= 0.3 is 12.1 Å². The van der Waals surface area contributed by atoms with Crippen molar-refractivity contribution in [2.75, 3.05) is 7.11 Å². The van der Waals surface area contributed by atoms with Crippen molar-refractivity contribution >= 4 is 17.6 Å². The van der Waals surface area contributed by atoms with E-state index in [1.54, 1.807) is 0 Å². The van der Waals surface area contributed by atoms with Gasteiger partial charge in [-0.05, 0) is 25.1 Å². The molecule has 0 saturated carbocycles. The van der Waals surface area contributed by atoms with E-state index in [4.69, 9.17) is 16.3 Å². The largest absolute Gasteiger partial charge is 0.465 e. The zero-order valence-electron chi connectivity index (χ0n) is 12.2. The predicted molar refractivity (Wildman–Crippen MR) is 74.6 cm³/mol. The monoisotopic (exact) mass is 364 g/mol. The van der Waals surface area contributed by atoms with Crippen molar-refractivity contribution in [2.24, 2.45) is 0 Å². The predicted octanol–water partition coefficient (Wildman–Crippen LogP) is 4.18. The Hall–Kier alpha value is -2.42. The fourth-order valence-corrected chi connectivity index (χ4v) is 2.00. The van der Waals surface area contributed by atoms with E-state index < -0.39 is 46.4 Å². The maximum Gasteiger partial charge on any atom is 0.435 e. The molecule has 2 rings (SSSR count). The van der Waals surface area contributed by atoms with Crippen molar-refractivity contribution in [3.63, 3.8) is 0 Å². The van der Waals surface area contributed by atoms with Gasteiger partial charge in [0.1, 0.15) is 5.56 Å². The van der Waals surface area contributed by atoms with E-state index in [1.165, 1.54) is 6.07 Å². The molecule has 0 radical (unpaired) electrons. The lowest BCUT2D eigenvalue weighted by atomic mass is 10.1. The highest BCUT2D eigenvalue weighted by Gasteiger charge is 2.38. The van der Waals surface area contributed by atoms with Crippen LogP contribution in [0.4, 0.5) is 17.6 Å². The highest BCUT2D eigenvalue weighted by Crippen LogP contribution is 2.35. The van der Waals surface area contributed by atoms with Gasteiger partial charge in [-0.15, -0.1) is 10.2 Å². The first-order chi connectivity index (χ1) is 11.1. The molecular formula is C14H9ClF4N2O3. The summed E-state index contributed by atoms with van der Waals surface area (Å²) in [5, 5.41) is 6.34. The number of ether oxygens (including phenoxy) is 2. The third kappa shape index (κ3) is 3.56. The highest BCUT2D eigenvalue weighted by atomic mass is 35.5. The number of halogens is 5. The fourth-order valence-electron chi connectivity index (χ4n) is 1.84. The summed E-state index contributed by atoms with van der Waals surface area (Å²) in [4.78, 5) is 11.8. The molecule has 0 aliphatic rings. The summed E-state index contributed by atoms with van der Waals surface area (Å²) in [6, 6.07) is 3.36. The molecule has 0 fully saturated rings. The summed E-state index contributed by atoms with van der Waals surface area (Å²) in [7, 11) is 0.974. The third-order valence-electron chi connectivity index (χ3n) is 2.94. The molecule has 0 unspecified atom stereocenters. The number of hydrogen-bond acceptors (Lipinski definition) is 5. The van der Waals surface area contributed by atoms with E-state index >= 15 is 0 Å². The Morgan fingerprint density at radius 1 is 1.25 bits per heavy atom. The molecule has 0 N–H and O–H groups in total. The average Bonchev–Trinajstić information content (AvgIpc) is 2.48. The van der Waals surface area contributed by atoms with Crippen molar-refractivity contribution in [3.8, 4) is 11.6 Å². The maximum absolute atomic E-state index is 13.8. The molecule has 0 bridgehead atoms. The number of benzene rings is 1. The van der Waals surface area contributed by atoms with Crippen molar-refractivity contribution in [2.45, 2.75) is 13.1 Å². The van der Waals surface area contributed by atoms with Crippen LogP contribution < -0.4 is 4.74 Å². The second kappa shape index (κ2) is 6.60. The molecule has 1 heterocycles. The molecule has 0 aliphatic carbocycles. The van der Waals surface area contributed by atoms with Gasteiger partial charge in [0, 0.05) is 10.6 Å². The van der Waals surface area contributed by atoms with Gasteiger partial charge in [0.15, 0.2) is 17.3 Å². The molecular weight excluding hydrogens is 356 g/mol. The van der Waals surface area contributed by atoms with Crippen LogP contribution in [0.25, 0.3) is 0 Å². The zero-order chi connectivity index (χ0) is 18.1. The molecule has 0 spiro atoms. The second-order valence-electron chi connectivity index (χ2n) is 4.52. The van der Waals surface area contributed by atoms with Gasteiger partial charge in [0.25, 0.3) is 5.88 Å². The van der Waals surface area contributed by atoms with Crippen LogP contribution in [0.5, 0.6) is 11.6 Å². The molecule has 0 atom stereocenters. The number of carbonyl (C=O) groups excluding carboxylic acids is 1. The molecule has 10 heteroatoms. The van der Waals surface area contributed by atoms with Crippen LogP contribution in [0.15, 0.2) is 18.2 Å². The Kier molecular flexibility index (Phi) is 4.93. The van der Waals surface area contributed by atoms with Crippen LogP contribution in [0.2, 0.25) is 5.02 Å². The van der Waals surface area contributed by atoms with E-state index in [2.05, 4.69) is 14.9 Å². The molecule has 2 aromatic rings. The lowest BCUT2D eigenvalue weighted by Crippen LogP contribution is -2.17. The molecule has 0 aliphatic heterocycles. The lowest BCUT2D eigenvalue weighted by molar-refractivity contribution is -0.142. The molecule has 5 nitrogen and oxygen atoms in total. The Labute approximate surface area is 138 Å². The number of methoxy groups -OCH3 is 1. The number of hydrogen-bond donors (Lipinski definition) is 0. The van der Waals surface area contributed by atoms with Crippen LogP contribution in [0.1, 0.15) is 21.6 Å². The number of rotatable bonds is 3. The van der Waals surface area contributed by atoms with E-state index in [0.717, 1.165) is 26.2 Å². The number of alkyl halides is 3. The first-order valence-corrected chi connectivity index (χ1v) is 6.68. The number of carbonyl (C=O) groups is 1. The summed E-state index contributed by atoms with van der Waals surface area (Å²) in [5.74, 6) is -3.03. The standard InChI is InChI=1S/C14H9ClF4N2O3/c1-6-10(13(22)23-2)12(21-20-11(6)14(17,18)19)24-9-4-3-7(15)5-8(9)16/h3-5H,1-2H3. The van der Waals surface area contributed by atoms with Gasteiger partial charge in [-0.1, -0.05) is 11.6 Å². The van der Waals surface area contributed by atoms with E-state index in [9.17, 15) is 22.4 Å². The summed E-state index contributed by atoms with van der Waals surface area (Å²) in [6.07, 6.45) is -4.83. The van der Waals surface area contributed by atoms with E-state index in [0.29, 0.717) is 0 Å². The van der Waals surface area contributed by atoms with Crippen LogP contribution >= 0.6 is 11.6 Å². The summed E-state index contributed by atoms with van der Waals surface area (Å²) in [6.45, 7) is 1.01. The van der Waals surface area contributed by atoms with E-state index in [1.807, 2.05) is 0 Å². The third-order valence-corrected chi connectivity index (χ3v) is 3.18. The first-order valence-electron chi connectivity index (χ1n) is 6.30. The Bertz CT molecular complexity index is 796. The normalized spacial score (nSPS) is 11.3. The SMILES string of the molecule is COC(=O)c1c(Oc2ccc(Cl)cc2F)nnc(C(F)(F)F)c1C. The maximum atomic E-state index is 13.8. The van der Waals surface area contributed by atoms with Gasteiger partial charge < -0.3 is 9.47 Å². The lowest BCUT2D eigenvalue weighted by Gasteiger charge is -2.14. The van der Waals surface area contributed by atoms with Crippen LogP contribution in [-0.2, 0) is 10.9 Å². The number of aromatic nitrogens is 2. The quantitative estimate of drug-likeness (QED) is 0.604. The van der Waals surface area contributed by atoms with Crippen LogP contribution in [-0.4, -0.2) is 23.3 Å². The van der Waals surface area contributed by atoms with Gasteiger partial charge in [-0.3, -0.25) is 0 Å². The zero-order valence-corrected chi connectivity index (χ0v) is 13.0. The summed E-state index contributed by atoms with van der Waals surface area (Å²) < 4.78 is 62.0. The number of nitrogens with zero attached hydrogens (tertiary/aromatic N) is 2. The smallest absolute Gasteiger partial charge is 0.435 e. The van der Waals surface area contributed by atoms with Gasteiger partial charge in [-0.25, -0.2) is 9.18 Å². The Morgan fingerprint density at radius 3 is 2.46 bits per heavy atom. The summed E-state index contributed by atoms with van der Waals surface area (Å²) >= 11 is 5.60. The minimum atomic E-state index is -4.83. The van der Waals surface area contributed by atoms with Gasteiger partial charge in [-0.2, -0.15) is 13.2 Å². The number of esters is 1. The molecule has 0 amide bonds. The molecule has 1 aromatic heterocycles. The topological polar surface area (TPSA) is 61.3 Å². The minimum absolute atomic E-state index is 0.0859. The van der Waals surface area contributed by atoms with Crippen molar-refractivity contribution in [1.29, 1.82) is 0 Å². The van der Waals surface area contributed by atoms with Crippen molar-refractivity contribution in [3.05, 3.63) is 45.9 Å². The first kappa shape index (κ1) is 17.9. The van der Waals surface area contributed by atoms with Crippen LogP contribution in [0.3, 0.4) is 0 Å². The van der Waals surface area contributed by atoms with Gasteiger partial charge in [0.2, 0.25) is 0 Å². The second-order valence-corrected chi connectivity index (χ2v) is 4.96. The van der Waals surface area contributed by atoms with Gasteiger partial charge in [0.05, 0.1) is 7.11 Å². The molecule has 24 heavy (non-hydrogen) atoms. The minimum Gasteiger partial charge on any atom is -0.465 e. The summed E-state index contributed by atoms with van der Waals surface area (Å²) in [5.41, 5.74) is -2.52. The fraction of sp³-hybridized carbons (Fsp3) is 0.214. The average molecular weight is 365 g/mol. The molecule has 1 aromatic carbocycles. The van der Waals surface area contributed by atoms with Crippen LogP contribution in [0, 0.1) is 12.7 Å². The van der Waals surface area contributed by atoms with Crippen molar-refractivity contribution < 1.29 is 31.8 Å². The molecule has 128 valence electrons. The Balaban J connectivity index is 2.57. The molecule has 0 saturated heterocycles. The Morgan fingerprint density at radius 2 is 1.92 bits per heavy atom. The van der Waals surface area contributed by atoms with E-state index in [-0.39, 0.29) is 5.02 Å².